The van der Waals surface area contributed by atoms with Crippen molar-refractivity contribution in [3.8, 4) is 0 Å². The second-order valence-corrected chi connectivity index (χ2v) is 7.69. The van der Waals surface area contributed by atoms with Gasteiger partial charge in [0, 0.05) is 45.0 Å². The fourth-order valence-electron chi connectivity index (χ4n) is 3.65. The van der Waals surface area contributed by atoms with Crippen molar-refractivity contribution in [2.45, 2.75) is 25.4 Å². The van der Waals surface area contributed by atoms with Crippen molar-refractivity contribution in [3.05, 3.63) is 53.9 Å². The fourth-order valence-corrected chi connectivity index (χ4v) is 3.65. The van der Waals surface area contributed by atoms with Crippen LogP contribution in [0.3, 0.4) is 0 Å². The van der Waals surface area contributed by atoms with E-state index in [-0.39, 0.29) is 0 Å². The summed E-state index contributed by atoms with van der Waals surface area (Å²) in [5, 5.41) is 3.51. The second kappa shape index (κ2) is 7.51. The van der Waals surface area contributed by atoms with Gasteiger partial charge in [-0.25, -0.2) is 18.7 Å². The quantitative estimate of drug-likeness (QED) is 0.715. The fraction of sp³-hybridized carbons (Fsp3) is 0.381. The van der Waals surface area contributed by atoms with Crippen LogP contribution in [0.25, 0.3) is 11.0 Å². The van der Waals surface area contributed by atoms with E-state index in [1.165, 1.54) is 12.1 Å². The lowest BCUT2D eigenvalue weighted by atomic mass is 10.2. The van der Waals surface area contributed by atoms with E-state index in [1.807, 2.05) is 6.07 Å². The van der Waals surface area contributed by atoms with E-state index in [2.05, 4.69) is 20.1 Å². The Morgan fingerprint density at radius 2 is 1.79 bits per heavy atom. The van der Waals surface area contributed by atoms with Crippen LogP contribution in [0.15, 0.2) is 36.7 Å². The van der Waals surface area contributed by atoms with Gasteiger partial charge >= 0.3 is 0 Å². The molecule has 2 fully saturated rings. The third kappa shape index (κ3) is 3.98. The topological polar surface area (TPSA) is 57.2 Å². The minimum Gasteiger partial charge on any atom is -0.364 e. The summed E-state index contributed by atoms with van der Waals surface area (Å²) in [5.74, 6) is 0.0979. The first-order chi connectivity index (χ1) is 14.2. The lowest BCUT2D eigenvalue weighted by molar-refractivity contribution is 0.249. The third-order valence-electron chi connectivity index (χ3n) is 5.43. The molecule has 0 spiro atoms. The summed E-state index contributed by atoms with van der Waals surface area (Å²) >= 11 is 0. The van der Waals surface area contributed by atoms with E-state index in [9.17, 15) is 8.78 Å². The molecule has 0 unspecified atom stereocenters. The monoisotopic (exact) mass is 396 g/mol. The SMILES string of the molecule is Fc1ccc(CN2CCN(c3nc4cnccc4nc3NC3CC3)CC2)cc1F. The number of nitrogens with zero attached hydrogens (tertiary/aromatic N) is 5. The second-order valence-electron chi connectivity index (χ2n) is 7.69. The molecule has 6 nitrogen and oxygen atoms in total. The Morgan fingerprint density at radius 1 is 0.966 bits per heavy atom. The van der Waals surface area contributed by atoms with Gasteiger partial charge in [-0.1, -0.05) is 6.07 Å². The zero-order chi connectivity index (χ0) is 19.8. The van der Waals surface area contributed by atoms with Gasteiger partial charge < -0.3 is 10.2 Å². The maximum Gasteiger partial charge on any atom is 0.172 e. The molecule has 0 bridgehead atoms. The number of aromatic nitrogens is 3. The van der Waals surface area contributed by atoms with Gasteiger partial charge in [0.15, 0.2) is 23.3 Å². The van der Waals surface area contributed by atoms with Crippen molar-refractivity contribution in [1.82, 2.24) is 19.9 Å². The molecule has 2 aromatic heterocycles. The van der Waals surface area contributed by atoms with Crippen LogP contribution in [0.5, 0.6) is 0 Å². The summed E-state index contributed by atoms with van der Waals surface area (Å²) < 4.78 is 26.6. The summed E-state index contributed by atoms with van der Waals surface area (Å²) in [4.78, 5) is 18.3. The molecule has 1 aliphatic heterocycles. The Labute approximate surface area is 167 Å². The molecule has 0 radical (unpaired) electrons. The van der Waals surface area contributed by atoms with E-state index in [1.54, 1.807) is 18.5 Å². The lowest BCUT2D eigenvalue weighted by Crippen LogP contribution is -2.46. The summed E-state index contributed by atoms with van der Waals surface area (Å²) in [5.41, 5.74) is 2.40. The van der Waals surface area contributed by atoms with Crippen LogP contribution in [-0.4, -0.2) is 52.1 Å². The van der Waals surface area contributed by atoms with Crippen LogP contribution in [0.4, 0.5) is 20.4 Å². The molecule has 1 aliphatic carbocycles. The Hall–Kier alpha value is -2.87. The predicted octanol–water partition coefficient (Wildman–Crippen LogP) is 3.20. The van der Waals surface area contributed by atoms with Crippen molar-refractivity contribution >= 4 is 22.7 Å². The summed E-state index contributed by atoms with van der Waals surface area (Å²) in [6, 6.07) is 6.47. The highest BCUT2D eigenvalue weighted by atomic mass is 19.2. The molecule has 0 atom stereocenters. The van der Waals surface area contributed by atoms with Gasteiger partial charge in [-0.3, -0.25) is 9.88 Å². The lowest BCUT2D eigenvalue weighted by Gasteiger charge is -2.36. The number of benzene rings is 1. The van der Waals surface area contributed by atoms with Crippen LogP contribution in [0.2, 0.25) is 0 Å². The van der Waals surface area contributed by atoms with Crippen LogP contribution in [-0.2, 0) is 6.54 Å². The van der Waals surface area contributed by atoms with E-state index in [4.69, 9.17) is 9.97 Å². The maximum absolute atomic E-state index is 13.5. The van der Waals surface area contributed by atoms with Crippen molar-refractivity contribution < 1.29 is 8.78 Å². The number of pyridine rings is 1. The molecule has 1 saturated heterocycles. The van der Waals surface area contributed by atoms with E-state index in [0.717, 1.165) is 67.3 Å². The smallest absolute Gasteiger partial charge is 0.172 e. The van der Waals surface area contributed by atoms with Crippen LogP contribution >= 0.6 is 0 Å². The zero-order valence-corrected chi connectivity index (χ0v) is 16.0. The molecule has 1 saturated carbocycles. The Balaban J connectivity index is 1.32. The Morgan fingerprint density at radius 3 is 2.55 bits per heavy atom. The average molecular weight is 396 g/mol. The van der Waals surface area contributed by atoms with Gasteiger partial charge in [-0.05, 0) is 36.6 Å². The first-order valence-corrected chi connectivity index (χ1v) is 9.95. The minimum absolute atomic E-state index is 0.483. The molecular formula is C21H22F2N6. The predicted molar refractivity (Wildman–Crippen MR) is 108 cm³/mol. The van der Waals surface area contributed by atoms with E-state index >= 15 is 0 Å². The van der Waals surface area contributed by atoms with Crippen LogP contribution in [0.1, 0.15) is 18.4 Å². The minimum atomic E-state index is -0.807. The van der Waals surface area contributed by atoms with Crippen molar-refractivity contribution in [2.75, 3.05) is 36.4 Å². The molecule has 5 rings (SSSR count). The van der Waals surface area contributed by atoms with Gasteiger partial charge in [0.1, 0.15) is 5.52 Å². The largest absolute Gasteiger partial charge is 0.364 e. The molecule has 3 aromatic rings. The summed E-state index contributed by atoms with van der Waals surface area (Å²) in [7, 11) is 0. The zero-order valence-electron chi connectivity index (χ0n) is 16.0. The molecule has 1 N–H and O–H groups in total. The van der Waals surface area contributed by atoms with Crippen LogP contribution < -0.4 is 10.2 Å². The highest BCUT2D eigenvalue weighted by Crippen LogP contribution is 2.31. The molecule has 29 heavy (non-hydrogen) atoms. The summed E-state index contributed by atoms with van der Waals surface area (Å²) in [6.45, 7) is 3.82. The number of fused-ring (bicyclic) bond motifs is 1. The number of piperazine rings is 1. The molecule has 0 amide bonds. The molecule has 2 aliphatic rings. The van der Waals surface area contributed by atoms with Gasteiger partial charge in [0.2, 0.25) is 0 Å². The number of anilines is 2. The summed E-state index contributed by atoms with van der Waals surface area (Å²) in [6.07, 6.45) is 5.80. The first kappa shape index (κ1) is 18.2. The molecule has 8 heteroatoms. The molecule has 150 valence electrons. The first-order valence-electron chi connectivity index (χ1n) is 9.95. The van der Waals surface area contributed by atoms with Crippen molar-refractivity contribution in [2.24, 2.45) is 0 Å². The number of hydrogen-bond donors (Lipinski definition) is 1. The average Bonchev–Trinajstić information content (AvgIpc) is 3.55. The Bertz CT molecular complexity index is 1030. The standard InChI is InChI=1S/C21H22F2N6/c22-16-4-1-14(11-17(16)23)13-28-7-9-29(10-8-28)21-20(25-15-2-3-15)26-18-5-6-24-12-19(18)27-21/h1,4-6,11-12,15H,2-3,7-10,13H2,(H,25,26). The van der Waals surface area contributed by atoms with E-state index in [0.29, 0.717) is 12.6 Å². The van der Waals surface area contributed by atoms with Gasteiger partial charge in [-0.15, -0.1) is 0 Å². The van der Waals surface area contributed by atoms with Crippen molar-refractivity contribution in [1.29, 1.82) is 0 Å². The molecule has 1 aromatic carbocycles. The Kier molecular flexibility index (Phi) is 4.71. The van der Waals surface area contributed by atoms with Gasteiger partial charge in [0.25, 0.3) is 0 Å². The molecular weight excluding hydrogens is 374 g/mol. The third-order valence-corrected chi connectivity index (χ3v) is 5.43. The highest BCUT2D eigenvalue weighted by Gasteiger charge is 2.27. The van der Waals surface area contributed by atoms with Gasteiger partial charge in [0.05, 0.1) is 11.7 Å². The number of hydrogen-bond acceptors (Lipinski definition) is 6. The van der Waals surface area contributed by atoms with Crippen LogP contribution in [0, 0.1) is 11.6 Å². The maximum atomic E-state index is 13.5. The van der Waals surface area contributed by atoms with Crippen molar-refractivity contribution in [3.63, 3.8) is 0 Å². The highest BCUT2D eigenvalue weighted by molar-refractivity contribution is 5.80. The normalized spacial score (nSPS) is 17.7. The van der Waals surface area contributed by atoms with Gasteiger partial charge in [-0.2, -0.15) is 0 Å². The number of halogens is 2. The number of rotatable bonds is 5. The number of nitrogens with one attached hydrogen (secondary N) is 1. The van der Waals surface area contributed by atoms with E-state index < -0.39 is 11.6 Å². The molecule has 3 heterocycles.